The number of methoxy groups -OCH3 is 1. The van der Waals surface area contributed by atoms with Crippen LogP contribution in [0.1, 0.15) is 45.1 Å². The maximum absolute atomic E-state index is 13.8. The van der Waals surface area contributed by atoms with Crippen molar-refractivity contribution in [1.82, 2.24) is 15.0 Å². The van der Waals surface area contributed by atoms with Gasteiger partial charge in [0.1, 0.15) is 34.9 Å². The summed E-state index contributed by atoms with van der Waals surface area (Å²) in [5.74, 6) is 3.35. The monoisotopic (exact) mass is 736 g/mol. The molecule has 0 N–H and O–H groups in total. The highest BCUT2D eigenvalue weighted by atomic mass is 35.6. The van der Waals surface area contributed by atoms with E-state index in [2.05, 4.69) is 19.9 Å². The van der Waals surface area contributed by atoms with Crippen LogP contribution in [0.25, 0.3) is 0 Å². The number of pyridine rings is 3. The van der Waals surface area contributed by atoms with Gasteiger partial charge in [0.25, 0.3) is 0 Å². The SMILES string of the molecule is COC(=O)[C@@H](C[C@@](C)(C#N)CC(C)C)c1c2cccc1N(C)c1cccc(n1)N(C)c1cccc(n1)N(C)c1cccc(n1)N2C.ClC(Cl)Cl. The molecule has 0 spiro atoms. The zero-order valence-electron chi connectivity index (χ0n) is 29.6. The molecule has 0 fully saturated rings. The van der Waals surface area contributed by atoms with Crippen LogP contribution in [0.4, 0.5) is 46.3 Å². The predicted molar refractivity (Wildman–Crippen MR) is 205 cm³/mol. The fraction of sp³-hybridized carbons (Fsp3) is 0.378. The molecule has 1 aromatic carbocycles. The summed E-state index contributed by atoms with van der Waals surface area (Å²) in [6.07, 6.45) is 0.924. The molecular formula is C37H43Cl3N8O2. The molecule has 5 rings (SSSR count). The number of carbonyl (C=O) groups is 1. The maximum Gasteiger partial charge on any atom is 0.313 e. The fourth-order valence-electron chi connectivity index (χ4n) is 6.29. The normalized spacial score (nSPS) is 14.4. The van der Waals surface area contributed by atoms with E-state index in [-0.39, 0.29) is 12.3 Å². The van der Waals surface area contributed by atoms with Crippen molar-refractivity contribution >= 4 is 87.1 Å². The van der Waals surface area contributed by atoms with Crippen LogP contribution in [0.15, 0.2) is 72.8 Å². The van der Waals surface area contributed by atoms with E-state index >= 15 is 0 Å². The van der Waals surface area contributed by atoms with Crippen LogP contribution in [0.5, 0.6) is 0 Å². The molecule has 2 atom stereocenters. The van der Waals surface area contributed by atoms with E-state index in [1.807, 2.05) is 128 Å². The third kappa shape index (κ3) is 8.88. The van der Waals surface area contributed by atoms with Gasteiger partial charge >= 0.3 is 5.97 Å². The minimum absolute atomic E-state index is 0.267. The Balaban J connectivity index is 0.00000133. The lowest BCUT2D eigenvalue weighted by Gasteiger charge is -2.34. The van der Waals surface area contributed by atoms with Gasteiger partial charge in [-0.25, -0.2) is 15.0 Å². The highest BCUT2D eigenvalue weighted by Crippen LogP contribution is 2.46. The molecule has 0 amide bonds. The molecule has 4 aromatic rings. The molecule has 3 aromatic heterocycles. The van der Waals surface area contributed by atoms with E-state index in [0.29, 0.717) is 29.7 Å². The smallest absolute Gasteiger partial charge is 0.313 e. The van der Waals surface area contributed by atoms with Crippen LogP contribution in [0.3, 0.4) is 0 Å². The number of carbonyl (C=O) groups excluding carboxylic acids is 1. The Morgan fingerprint density at radius 1 is 0.720 bits per heavy atom. The summed E-state index contributed by atoms with van der Waals surface area (Å²) in [5, 5.41) is 10.4. The van der Waals surface area contributed by atoms with Gasteiger partial charge in [-0.15, -0.1) is 0 Å². The van der Waals surface area contributed by atoms with Gasteiger partial charge in [0.2, 0.25) is 0 Å². The molecule has 0 radical (unpaired) electrons. The fourth-order valence-corrected chi connectivity index (χ4v) is 6.29. The van der Waals surface area contributed by atoms with Gasteiger partial charge in [-0.05, 0) is 74.2 Å². The lowest BCUT2D eigenvalue weighted by Crippen LogP contribution is -2.28. The molecule has 10 nitrogen and oxygen atoms in total. The Labute approximate surface area is 310 Å². The summed E-state index contributed by atoms with van der Waals surface area (Å²) in [6, 6.07) is 26.0. The van der Waals surface area contributed by atoms with E-state index in [4.69, 9.17) is 54.5 Å². The maximum atomic E-state index is 13.8. The largest absolute Gasteiger partial charge is 0.469 e. The molecule has 4 heterocycles. The number of alkyl halides is 3. The summed E-state index contributed by atoms with van der Waals surface area (Å²) >= 11 is 14.4. The topological polar surface area (TPSA) is 102 Å². The molecule has 1 aliphatic rings. The highest BCUT2D eigenvalue weighted by Gasteiger charge is 2.38. The number of aromatic nitrogens is 3. The second-order valence-corrected chi connectivity index (χ2v) is 14.8. The number of nitrogens with zero attached hydrogens (tertiary/aromatic N) is 8. The van der Waals surface area contributed by atoms with Gasteiger partial charge in [-0.1, -0.05) is 72.9 Å². The van der Waals surface area contributed by atoms with Crippen LogP contribution in [-0.4, -0.2) is 60.5 Å². The number of hydrogen-bond acceptors (Lipinski definition) is 10. The second-order valence-electron chi connectivity index (χ2n) is 12.8. The number of nitriles is 1. The number of anilines is 8. The second kappa shape index (κ2) is 16.6. The third-order valence-corrected chi connectivity index (χ3v) is 8.62. The highest BCUT2D eigenvalue weighted by molar-refractivity contribution is 6.63. The number of benzene rings is 1. The summed E-state index contributed by atoms with van der Waals surface area (Å²) in [5.41, 5.74) is 1.52. The van der Waals surface area contributed by atoms with Crippen molar-refractivity contribution in [3.63, 3.8) is 0 Å². The predicted octanol–water partition coefficient (Wildman–Crippen LogP) is 9.47. The van der Waals surface area contributed by atoms with Crippen molar-refractivity contribution in [1.29, 1.82) is 5.26 Å². The van der Waals surface area contributed by atoms with Crippen LogP contribution >= 0.6 is 34.8 Å². The first kappa shape index (κ1) is 38.5. The summed E-state index contributed by atoms with van der Waals surface area (Å²) in [6.45, 7) is 6.12. The van der Waals surface area contributed by atoms with Crippen molar-refractivity contribution in [2.75, 3.05) is 54.9 Å². The Morgan fingerprint density at radius 2 is 1.06 bits per heavy atom. The van der Waals surface area contributed by atoms with Crippen molar-refractivity contribution < 1.29 is 9.53 Å². The van der Waals surface area contributed by atoms with E-state index in [0.717, 1.165) is 28.6 Å². The number of ether oxygens (including phenoxy) is 1. The standard InChI is InChI=1S/C36H42N8O2.CHCl3/c1-24(2)21-36(3,23-37)22-25(35(45)46-8)34-26-13-9-14-27(34)42(5)29-16-11-18-31(39-29)44(7)33-20-12-19-32(40-33)43(6)30-17-10-15-28(38-30)41(26)4;2-1(3)4/h9-20,24-25H,21-22H2,1-8H3;1H/t25-,36-;/m0./s1. The summed E-state index contributed by atoms with van der Waals surface area (Å²) in [4.78, 5) is 36.7. The molecule has 0 aliphatic carbocycles. The molecule has 0 saturated heterocycles. The van der Waals surface area contributed by atoms with Crippen LogP contribution in [0, 0.1) is 22.7 Å². The lowest BCUT2D eigenvalue weighted by atomic mass is 9.74. The Bertz CT molecular complexity index is 1740. The first-order valence-corrected chi connectivity index (χ1v) is 17.4. The van der Waals surface area contributed by atoms with Gasteiger partial charge in [0, 0.05) is 45.1 Å². The van der Waals surface area contributed by atoms with E-state index < -0.39 is 21.6 Å². The molecule has 50 heavy (non-hydrogen) atoms. The van der Waals surface area contributed by atoms with Gasteiger partial charge in [0.15, 0.2) is 4.30 Å². The van der Waals surface area contributed by atoms with Crippen LogP contribution in [-0.2, 0) is 9.53 Å². The van der Waals surface area contributed by atoms with Gasteiger partial charge in [-0.3, -0.25) is 4.79 Å². The average Bonchev–Trinajstić information content (AvgIpc) is 3.11. The molecule has 264 valence electrons. The zero-order chi connectivity index (χ0) is 36.7. The Kier molecular flexibility index (Phi) is 12.8. The molecule has 0 unspecified atom stereocenters. The van der Waals surface area contributed by atoms with E-state index in [9.17, 15) is 10.1 Å². The number of esters is 1. The molecule has 0 saturated carbocycles. The number of rotatable bonds is 6. The molecule has 1 aliphatic heterocycles. The number of hydrogen-bond donors (Lipinski definition) is 0. The lowest BCUT2D eigenvalue weighted by molar-refractivity contribution is -0.143. The first-order chi connectivity index (χ1) is 23.7. The summed E-state index contributed by atoms with van der Waals surface area (Å²) in [7, 11) is 9.16. The number of halogens is 3. The third-order valence-electron chi connectivity index (χ3n) is 8.62. The van der Waals surface area contributed by atoms with E-state index in [1.165, 1.54) is 7.11 Å². The average molecular weight is 738 g/mol. The molecular weight excluding hydrogens is 695 g/mol. The quantitative estimate of drug-likeness (QED) is 0.141. The Morgan fingerprint density at radius 3 is 1.38 bits per heavy atom. The van der Waals surface area contributed by atoms with Gasteiger partial charge < -0.3 is 24.3 Å². The van der Waals surface area contributed by atoms with Crippen molar-refractivity contribution in [3.8, 4) is 6.07 Å². The molecule has 13 heteroatoms. The zero-order valence-corrected chi connectivity index (χ0v) is 31.9. The molecule has 8 bridgehead atoms. The van der Waals surface area contributed by atoms with Gasteiger partial charge in [-0.2, -0.15) is 5.26 Å². The first-order valence-electron chi connectivity index (χ1n) is 16.1. The Hall–Kier alpha value is -4.30. The minimum atomic E-state index is -0.771. The van der Waals surface area contributed by atoms with Crippen molar-refractivity contribution in [3.05, 3.63) is 78.4 Å². The van der Waals surface area contributed by atoms with Crippen LogP contribution < -0.4 is 19.6 Å². The summed E-state index contributed by atoms with van der Waals surface area (Å²) < 4.78 is 4.70. The number of fused-ring (bicyclic) bond motifs is 8. The van der Waals surface area contributed by atoms with Crippen molar-refractivity contribution in [2.24, 2.45) is 11.3 Å². The van der Waals surface area contributed by atoms with Gasteiger partial charge in [0.05, 0.1) is 24.5 Å². The minimum Gasteiger partial charge on any atom is -0.469 e. The van der Waals surface area contributed by atoms with Crippen LogP contribution in [0.2, 0.25) is 0 Å². The van der Waals surface area contributed by atoms with Crippen molar-refractivity contribution in [2.45, 2.75) is 43.8 Å². The van der Waals surface area contributed by atoms with E-state index in [1.54, 1.807) is 0 Å².